The Labute approximate surface area is 189 Å². The molecule has 3 aromatic rings. The van der Waals surface area contributed by atoms with Gasteiger partial charge in [0.1, 0.15) is 6.04 Å². The number of amides is 1. The highest BCUT2D eigenvalue weighted by Gasteiger charge is 2.34. The topological polar surface area (TPSA) is 92.1 Å². The summed E-state index contributed by atoms with van der Waals surface area (Å²) in [7, 11) is 0. The molecular weight excluding hydrogens is 458 g/mol. The van der Waals surface area contributed by atoms with Crippen LogP contribution in [-0.4, -0.2) is 32.4 Å². The van der Waals surface area contributed by atoms with Gasteiger partial charge < -0.3 is 15.7 Å². The lowest BCUT2D eigenvalue weighted by molar-refractivity contribution is -0.113. The van der Waals surface area contributed by atoms with Gasteiger partial charge in [0.25, 0.3) is 5.91 Å². The summed E-state index contributed by atoms with van der Waals surface area (Å²) in [6.45, 7) is 3.92. The number of carbonyl (C=O) groups is 1. The van der Waals surface area contributed by atoms with Crippen molar-refractivity contribution in [3.05, 3.63) is 81.2 Å². The molecule has 1 atom stereocenters. The number of rotatable bonds is 6. The van der Waals surface area contributed by atoms with Crippen molar-refractivity contribution in [3.63, 3.8) is 0 Å². The standard InChI is InChI=1S/C23H24BrN5O2/c1-14-7-3-4-10-18(14)26-22(31)20-15(2)25-23-27-19(11-6-12-30)28-29(23)21(20)16-8-5-9-17(24)13-16/h3-5,7-10,13,21,30H,6,11-12H2,1-2H3,(H,26,31)(H,25,27,28)/t21-/m1/s1. The number of nitrogens with zero attached hydrogens (tertiary/aromatic N) is 3. The van der Waals surface area contributed by atoms with Gasteiger partial charge in [-0.25, -0.2) is 4.68 Å². The van der Waals surface area contributed by atoms with Crippen molar-refractivity contribution < 1.29 is 9.90 Å². The molecule has 7 nitrogen and oxygen atoms in total. The number of fused-ring (bicyclic) bond motifs is 1. The second-order valence-corrected chi connectivity index (χ2v) is 8.43. The number of aromatic nitrogens is 3. The van der Waals surface area contributed by atoms with Crippen LogP contribution in [0.5, 0.6) is 0 Å². The van der Waals surface area contributed by atoms with Crippen LogP contribution in [0.2, 0.25) is 0 Å². The fourth-order valence-electron chi connectivity index (χ4n) is 3.72. The number of anilines is 2. The SMILES string of the molecule is CC1=C(C(=O)Nc2ccccc2C)[C@@H](c2cccc(Br)c2)n2nc(CCCO)nc2N1. The van der Waals surface area contributed by atoms with Crippen LogP contribution >= 0.6 is 15.9 Å². The van der Waals surface area contributed by atoms with Gasteiger partial charge in [-0.3, -0.25) is 4.79 Å². The lowest BCUT2D eigenvalue weighted by Crippen LogP contribution is -2.31. The second kappa shape index (κ2) is 9.03. The van der Waals surface area contributed by atoms with E-state index in [2.05, 4.69) is 36.6 Å². The summed E-state index contributed by atoms with van der Waals surface area (Å²) >= 11 is 3.54. The summed E-state index contributed by atoms with van der Waals surface area (Å²) in [5, 5.41) is 20.1. The lowest BCUT2D eigenvalue weighted by Gasteiger charge is -2.29. The second-order valence-electron chi connectivity index (χ2n) is 7.51. The first-order valence-corrected chi connectivity index (χ1v) is 10.9. The molecule has 1 aliphatic rings. The fourth-order valence-corrected chi connectivity index (χ4v) is 4.14. The number of aliphatic hydroxyl groups is 1. The first-order valence-electron chi connectivity index (χ1n) is 10.1. The van der Waals surface area contributed by atoms with Crippen LogP contribution in [0.4, 0.5) is 11.6 Å². The molecule has 2 aromatic carbocycles. The molecule has 1 aromatic heterocycles. The van der Waals surface area contributed by atoms with E-state index in [0.717, 1.165) is 27.0 Å². The molecule has 0 saturated heterocycles. The maximum atomic E-state index is 13.5. The van der Waals surface area contributed by atoms with Crippen molar-refractivity contribution in [2.45, 2.75) is 32.7 Å². The average Bonchev–Trinajstić information content (AvgIpc) is 3.15. The van der Waals surface area contributed by atoms with Gasteiger partial charge in [-0.1, -0.05) is 46.3 Å². The predicted molar refractivity (Wildman–Crippen MR) is 124 cm³/mol. The quantitative estimate of drug-likeness (QED) is 0.490. The molecule has 1 amide bonds. The Morgan fingerprint density at radius 3 is 2.77 bits per heavy atom. The van der Waals surface area contributed by atoms with Crippen LogP contribution in [0.1, 0.15) is 36.3 Å². The third kappa shape index (κ3) is 4.40. The molecule has 8 heteroatoms. The van der Waals surface area contributed by atoms with Crippen LogP contribution in [0.25, 0.3) is 0 Å². The highest BCUT2D eigenvalue weighted by Crippen LogP contribution is 2.36. The van der Waals surface area contributed by atoms with Gasteiger partial charge in [0, 0.05) is 28.9 Å². The molecule has 1 aliphatic heterocycles. The van der Waals surface area contributed by atoms with E-state index in [1.165, 1.54) is 0 Å². The number of halogens is 1. The zero-order valence-electron chi connectivity index (χ0n) is 17.4. The van der Waals surface area contributed by atoms with Crippen LogP contribution in [0.3, 0.4) is 0 Å². The van der Waals surface area contributed by atoms with Crippen LogP contribution in [0, 0.1) is 6.92 Å². The molecule has 0 aliphatic carbocycles. The largest absolute Gasteiger partial charge is 0.396 e. The van der Waals surface area contributed by atoms with Gasteiger partial charge in [-0.05, 0) is 49.6 Å². The van der Waals surface area contributed by atoms with Crippen molar-refractivity contribution in [2.75, 3.05) is 17.2 Å². The van der Waals surface area contributed by atoms with E-state index in [0.29, 0.717) is 30.2 Å². The Hall–Kier alpha value is -2.97. The molecule has 0 spiro atoms. The minimum Gasteiger partial charge on any atom is -0.396 e. The Bertz CT molecular complexity index is 1150. The zero-order valence-corrected chi connectivity index (χ0v) is 19.0. The molecule has 31 heavy (non-hydrogen) atoms. The van der Waals surface area contributed by atoms with Gasteiger partial charge in [0.05, 0.1) is 5.57 Å². The third-order valence-corrected chi connectivity index (χ3v) is 5.75. The number of aryl methyl sites for hydroxylation is 2. The summed E-state index contributed by atoms with van der Waals surface area (Å²) in [4.78, 5) is 18.1. The Morgan fingerprint density at radius 1 is 1.23 bits per heavy atom. The summed E-state index contributed by atoms with van der Waals surface area (Å²) in [5.74, 6) is 1.02. The predicted octanol–water partition coefficient (Wildman–Crippen LogP) is 4.20. The number of hydrogen-bond donors (Lipinski definition) is 3. The van der Waals surface area contributed by atoms with E-state index in [1.807, 2.05) is 62.4 Å². The zero-order chi connectivity index (χ0) is 22.0. The number of benzene rings is 2. The maximum Gasteiger partial charge on any atom is 0.255 e. The Balaban J connectivity index is 1.77. The molecule has 4 rings (SSSR count). The summed E-state index contributed by atoms with van der Waals surface area (Å²) in [6.07, 6.45) is 1.14. The lowest BCUT2D eigenvalue weighted by atomic mass is 9.95. The maximum absolute atomic E-state index is 13.5. The third-order valence-electron chi connectivity index (χ3n) is 5.26. The molecular formula is C23H24BrN5O2. The van der Waals surface area contributed by atoms with Crippen LogP contribution < -0.4 is 10.6 Å². The first-order chi connectivity index (χ1) is 15.0. The number of nitrogens with one attached hydrogen (secondary N) is 2. The van der Waals surface area contributed by atoms with Gasteiger partial charge in [-0.15, -0.1) is 0 Å². The minimum atomic E-state index is -0.437. The Kier molecular flexibility index (Phi) is 6.20. The monoisotopic (exact) mass is 481 g/mol. The molecule has 0 unspecified atom stereocenters. The molecule has 0 saturated carbocycles. The fraction of sp³-hybridized carbons (Fsp3) is 0.261. The van der Waals surface area contributed by atoms with Crippen LogP contribution in [-0.2, 0) is 11.2 Å². The van der Waals surface area contributed by atoms with Gasteiger partial charge in [0.2, 0.25) is 5.95 Å². The molecule has 160 valence electrons. The van der Waals surface area contributed by atoms with E-state index in [4.69, 9.17) is 5.11 Å². The summed E-state index contributed by atoms with van der Waals surface area (Å²) < 4.78 is 2.68. The van der Waals surface area contributed by atoms with E-state index < -0.39 is 6.04 Å². The molecule has 2 heterocycles. The summed E-state index contributed by atoms with van der Waals surface area (Å²) in [5.41, 5.74) is 3.99. The average molecular weight is 482 g/mol. The first kappa shape index (κ1) is 21.3. The number of carbonyl (C=O) groups excluding carboxylic acids is 1. The highest BCUT2D eigenvalue weighted by molar-refractivity contribution is 9.10. The van der Waals surface area contributed by atoms with Gasteiger partial charge in [-0.2, -0.15) is 10.1 Å². The highest BCUT2D eigenvalue weighted by atomic mass is 79.9. The van der Waals surface area contributed by atoms with Gasteiger partial charge >= 0.3 is 0 Å². The van der Waals surface area contributed by atoms with Crippen LogP contribution in [0.15, 0.2) is 64.3 Å². The Morgan fingerprint density at radius 2 is 2.03 bits per heavy atom. The molecule has 0 fully saturated rings. The summed E-state index contributed by atoms with van der Waals surface area (Å²) in [6, 6.07) is 15.1. The van der Waals surface area contributed by atoms with Crippen molar-refractivity contribution in [2.24, 2.45) is 0 Å². The van der Waals surface area contributed by atoms with Crippen molar-refractivity contribution in [1.29, 1.82) is 0 Å². The molecule has 0 bridgehead atoms. The molecule has 3 N–H and O–H groups in total. The normalized spacial score (nSPS) is 15.4. The van der Waals surface area contributed by atoms with E-state index in [9.17, 15) is 4.79 Å². The van der Waals surface area contributed by atoms with Gasteiger partial charge in [0.15, 0.2) is 5.82 Å². The smallest absolute Gasteiger partial charge is 0.255 e. The molecule has 0 radical (unpaired) electrons. The number of hydrogen-bond acceptors (Lipinski definition) is 5. The van der Waals surface area contributed by atoms with Crippen molar-refractivity contribution in [3.8, 4) is 0 Å². The number of allylic oxidation sites excluding steroid dienone is 1. The van der Waals surface area contributed by atoms with E-state index in [1.54, 1.807) is 4.68 Å². The van der Waals surface area contributed by atoms with E-state index >= 15 is 0 Å². The number of aliphatic hydroxyl groups excluding tert-OH is 1. The van der Waals surface area contributed by atoms with E-state index in [-0.39, 0.29) is 12.5 Å². The van der Waals surface area contributed by atoms with Crippen molar-refractivity contribution in [1.82, 2.24) is 14.8 Å². The minimum absolute atomic E-state index is 0.0771. The number of para-hydroxylation sites is 1. The van der Waals surface area contributed by atoms with Crippen molar-refractivity contribution >= 4 is 33.5 Å².